The lowest BCUT2D eigenvalue weighted by Crippen LogP contribution is -2.36. The number of urea groups is 1. The quantitative estimate of drug-likeness (QED) is 0.220. The van der Waals surface area contributed by atoms with Crippen molar-refractivity contribution in [1.82, 2.24) is 30.2 Å². The van der Waals surface area contributed by atoms with E-state index in [4.69, 9.17) is 20.7 Å². The fourth-order valence-corrected chi connectivity index (χ4v) is 5.94. The first kappa shape index (κ1) is 24.4. The largest absolute Gasteiger partial charge is 0.481 e. The Bertz CT molecular complexity index is 1020. The summed E-state index contributed by atoms with van der Waals surface area (Å²) in [5, 5.41) is 33.5. The first-order valence-corrected chi connectivity index (χ1v) is 12.2. The molecule has 5 rings (SSSR count). The molecule has 7 N–H and O–H groups in total. The number of aliphatic hydroxyl groups excluding tert-OH is 2. The number of nitrogens with zero attached hydrogens (tertiary/aromatic N) is 4. The number of carbonyl (C=O) groups is 2. The molecule has 0 spiro atoms. The number of thioether (sulfide) groups is 1. The Kier molecular flexibility index (Phi) is 7.70. The average Bonchev–Trinajstić information content (AvgIpc) is 3.55. The van der Waals surface area contributed by atoms with Crippen LogP contribution in [-0.4, -0.2) is 88.7 Å². The van der Waals surface area contributed by atoms with Gasteiger partial charge in [0.2, 0.25) is 0 Å². The molecule has 186 valence electrons. The predicted octanol–water partition coefficient (Wildman–Crippen LogP) is -0.154. The van der Waals surface area contributed by atoms with E-state index in [0.29, 0.717) is 28.7 Å². The number of unbranched alkanes of at least 4 members (excludes halogenated alkanes) is 1. The number of aliphatic hydroxyl groups is 2. The van der Waals surface area contributed by atoms with E-state index in [1.807, 2.05) is 11.8 Å². The highest BCUT2D eigenvalue weighted by Crippen LogP contribution is 2.33. The molecule has 0 radical (unpaired) electrons. The van der Waals surface area contributed by atoms with E-state index in [2.05, 4.69) is 25.6 Å². The van der Waals surface area contributed by atoms with Crippen molar-refractivity contribution in [2.45, 2.75) is 67.9 Å². The number of anilines is 1. The molecule has 0 aliphatic carbocycles. The normalized spacial score (nSPS) is 29.9. The first-order valence-electron chi connectivity index (χ1n) is 11.1. The van der Waals surface area contributed by atoms with E-state index in [1.54, 1.807) is 10.9 Å². The van der Waals surface area contributed by atoms with Crippen LogP contribution in [0.3, 0.4) is 0 Å². The molecule has 3 saturated heterocycles. The number of fused-ring (bicyclic) bond motifs is 2. The molecular weight excluding hydrogens is 466 g/mol. The van der Waals surface area contributed by atoms with E-state index in [0.717, 1.165) is 25.0 Å². The molecule has 0 bridgehead atoms. The number of amides is 2. The number of imidazole rings is 1. The second kappa shape index (κ2) is 10.7. The van der Waals surface area contributed by atoms with Gasteiger partial charge in [-0.1, -0.05) is 6.42 Å². The molecule has 14 heteroatoms. The van der Waals surface area contributed by atoms with Gasteiger partial charge in [-0.2, -0.15) is 11.8 Å². The number of carbonyl (C=O) groups excluding carboxylic acids is 1. The van der Waals surface area contributed by atoms with Crippen molar-refractivity contribution in [2.24, 2.45) is 0 Å². The molecule has 0 aromatic carbocycles. The summed E-state index contributed by atoms with van der Waals surface area (Å²) in [7, 11) is 0. The zero-order valence-corrected chi connectivity index (χ0v) is 19.2. The minimum atomic E-state index is -0.729. The van der Waals surface area contributed by atoms with Gasteiger partial charge in [-0.05, 0) is 12.8 Å². The maximum Gasteiger partial charge on any atom is 0.315 e. The second-order valence-corrected chi connectivity index (χ2v) is 9.73. The number of carboxylic acid groups (broad SMARTS) is 1. The summed E-state index contributed by atoms with van der Waals surface area (Å²) in [6, 6.07) is 0.440. The monoisotopic (exact) mass is 495 g/mol. The van der Waals surface area contributed by atoms with Gasteiger partial charge >= 0.3 is 12.0 Å². The Morgan fingerprint density at radius 2 is 2.12 bits per heavy atom. The SMILES string of the molecule is Nc1ncnc2c1ncn2[C@H]1C[C@H](O)[C@@H](CO)O1.O=C(O)CCCC[C@@H]1SC[C@@H]2NC(=O)N[C@@H]21. The Morgan fingerprint density at radius 3 is 2.85 bits per heavy atom. The summed E-state index contributed by atoms with van der Waals surface area (Å²) in [5.74, 6) is 0.538. The molecular formula is C20H29N7O6S. The van der Waals surface area contributed by atoms with Gasteiger partial charge in [0.15, 0.2) is 11.5 Å². The second-order valence-electron chi connectivity index (χ2n) is 8.46. The maximum absolute atomic E-state index is 11.1. The number of aromatic nitrogens is 4. The van der Waals surface area contributed by atoms with Gasteiger partial charge in [0.25, 0.3) is 0 Å². The summed E-state index contributed by atoms with van der Waals surface area (Å²) in [6.07, 6.45) is 4.48. The molecule has 3 aliphatic heterocycles. The molecule has 3 fully saturated rings. The Balaban J connectivity index is 0.000000162. The Hall–Kier alpha value is -2.68. The lowest BCUT2D eigenvalue weighted by atomic mass is 10.0. The van der Waals surface area contributed by atoms with Crippen LogP contribution >= 0.6 is 11.8 Å². The molecule has 3 aliphatic rings. The van der Waals surface area contributed by atoms with E-state index in [-0.39, 0.29) is 31.1 Å². The van der Waals surface area contributed by atoms with Crippen molar-refractivity contribution >= 4 is 40.7 Å². The Labute approximate surface area is 199 Å². The number of carboxylic acids is 1. The number of rotatable bonds is 7. The molecule has 0 saturated carbocycles. The molecule has 34 heavy (non-hydrogen) atoms. The van der Waals surface area contributed by atoms with Crippen molar-refractivity contribution in [3.8, 4) is 0 Å². The van der Waals surface area contributed by atoms with Crippen LogP contribution in [0.2, 0.25) is 0 Å². The molecule has 0 unspecified atom stereocenters. The standard InChI is InChI=1S/C10H13N5O3.C10H16N2O3S/c11-9-8-10(13-3-12-9)15(4-14-8)7-1-5(17)6(2-16)18-7;13-8(14)4-2-1-3-7-9-6(5-16-7)11-10(15)12-9/h3-7,16-17H,1-2H2,(H2,11,12,13);6-7,9H,1-5H2,(H,13,14)(H2,11,12,15)/t5-,6+,7+;6-,7-,9-/m00/s1. The van der Waals surface area contributed by atoms with Crippen LogP contribution in [0.1, 0.15) is 38.3 Å². The molecule has 6 atom stereocenters. The van der Waals surface area contributed by atoms with E-state index < -0.39 is 24.4 Å². The molecule has 2 amide bonds. The number of ether oxygens (including phenoxy) is 1. The van der Waals surface area contributed by atoms with Crippen molar-refractivity contribution in [3.05, 3.63) is 12.7 Å². The lowest BCUT2D eigenvalue weighted by Gasteiger charge is -2.16. The van der Waals surface area contributed by atoms with Gasteiger partial charge in [0.1, 0.15) is 24.2 Å². The van der Waals surface area contributed by atoms with Crippen LogP contribution in [0.25, 0.3) is 11.2 Å². The minimum Gasteiger partial charge on any atom is -0.481 e. The third-order valence-corrected chi connectivity index (χ3v) is 7.66. The van der Waals surface area contributed by atoms with Gasteiger partial charge in [0.05, 0.1) is 31.1 Å². The maximum atomic E-state index is 11.1. The van der Waals surface area contributed by atoms with Crippen LogP contribution in [-0.2, 0) is 9.53 Å². The van der Waals surface area contributed by atoms with Crippen molar-refractivity contribution < 1.29 is 29.6 Å². The number of hydrogen-bond acceptors (Lipinski definition) is 10. The van der Waals surface area contributed by atoms with Gasteiger partial charge in [-0.25, -0.2) is 19.7 Å². The van der Waals surface area contributed by atoms with Crippen LogP contribution in [0.15, 0.2) is 12.7 Å². The first-order chi connectivity index (χ1) is 16.4. The number of nitrogens with two attached hydrogens (primary N) is 1. The van der Waals surface area contributed by atoms with Gasteiger partial charge in [-0.3, -0.25) is 9.36 Å². The van der Waals surface area contributed by atoms with Crippen molar-refractivity contribution in [3.63, 3.8) is 0 Å². The van der Waals surface area contributed by atoms with Crippen LogP contribution in [0.5, 0.6) is 0 Å². The van der Waals surface area contributed by atoms with Gasteiger partial charge < -0.3 is 36.4 Å². The predicted molar refractivity (Wildman–Crippen MR) is 123 cm³/mol. The van der Waals surface area contributed by atoms with Crippen molar-refractivity contribution in [2.75, 3.05) is 18.1 Å². The number of aliphatic carboxylic acids is 1. The zero-order chi connectivity index (χ0) is 24.2. The summed E-state index contributed by atoms with van der Waals surface area (Å²) < 4.78 is 7.22. The lowest BCUT2D eigenvalue weighted by molar-refractivity contribution is -0.137. The molecule has 2 aromatic rings. The highest BCUT2D eigenvalue weighted by atomic mass is 32.2. The summed E-state index contributed by atoms with van der Waals surface area (Å²) in [6.45, 7) is -0.221. The third-order valence-electron chi connectivity index (χ3n) is 6.15. The molecule has 5 heterocycles. The van der Waals surface area contributed by atoms with E-state index in [9.17, 15) is 14.7 Å². The summed E-state index contributed by atoms with van der Waals surface area (Å²) in [5.41, 5.74) is 6.75. The van der Waals surface area contributed by atoms with Crippen LogP contribution < -0.4 is 16.4 Å². The summed E-state index contributed by atoms with van der Waals surface area (Å²) in [4.78, 5) is 33.6. The van der Waals surface area contributed by atoms with Crippen molar-refractivity contribution in [1.29, 1.82) is 0 Å². The third kappa shape index (κ3) is 5.35. The van der Waals surface area contributed by atoms with Crippen LogP contribution in [0.4, 0.5) is 10.6 Å². The fourth-order valence-electron chi connectivity index (χ4n) is 4.40. The Morgan fingerprint density at radius 1 is 1.29 bits per heavy atom. The number of hydrogen-bond donors (Lipinski definition) is 6. The van der Waals surface area contributed by atoms with Crippen LogP contribution in [0, 0.1) is 0 Å². The van der Waals surface area contributed by atoms with E-state index >= 15 is 0 Å². The average molecular weight is 496 g/mol. The highest BCUT2D eigenvalue weighted by Gasteiger charge is 2.42. The minimum absolute atomic E-state index is 0.0640. The fraction of sp³-hybridized carbons (Fsp3) is 0.650. The topological polar surface area (TPSA) is 198 Å². The van der Waals surface area contributed by atoms with Gasteiger partial charge in [-0.15, -0.1) is 0 Å². The van der Waals surface area contributed by atoms with Gasteiger partial charge in [0, 0.05) is 23.8 Å². The van der Waals surface area contributed by atoms with E-state index in [1.165, 1.54) is 6.33 Å². The molecule has 13 nitrogen and oxygen atoms in total. The smallest absolute Gasteiger partial charge is 0.315 e. The zero-order valence-electron chi connectivity index (χ0n) is 18.4. The number of nitrogens with one attached hydrogen (secondary N) is 2. The highest BCUT2D eigenvalue weighted by molar-refractivity contribution is 8.00. The molecule has 2 aromatic heterocycles. The summed E-state index contributed by atoms with van der Waals surface area (Å²) >= 11 is 1.87. The number of nitrogen functional groups attached to an aromatic ring is 1.